The first-order valence-electron chi connectivity index (χ1n) is 9.29. The summed E-state index contributed by atoms with van der Waals surface area (Å²) < 4.78 is 4.96. The van der Waals surface area contributed by atoms with Crippen molar-refractivity contribution in [3.05, 3.63) is 29.8 Å². The number of para-hydroxylation sites is 1. The first kappa shape index (κ1) is 17.9. The Morgan fingerprint density at radius 2 is 1.84 bits per heavy atom. The summed E-state index contributed by atoms with van der Waals surface area (Å²) in [5.41, 5.74) is 2.33. The predicted molar refractivity (Wildman–Crippen MR) is 97.4 cm³/mol. The number of methoxy groups -OCH3 is 1. The Kier molecular flexibility index (Phi) is 5.74. The molecule has 1 fully saturated rings. The summed E-state index contributed by atoms with van der Waals surface area (Å²) in [5, 5.41) is 2.91. The molecule has 0 spiro atoms. The lowest BCUT2D eigenvalue weighted by atomic mass is 9.80. The van der Waals surface area contributed by atoms with Gasteiger partial charge in [0.05, 0.1) is 6.61 Å². The molecule has 0 aromatic heterocycles. The molecule has 1 unspecified atom stereocenters. The molecule has 1 aliphatic carbocycles. The van der Waals surface area contributed by atoms with E-state index in [2.05, 4.69) is 18.3 Å². The van der Waals surface area contributed by atoms with E-state index in [4.69, 9.17) is 4.74 Å². The van der Waals surface area contributed by atoms with E-state index in [-0.39, 0.29) is 29.7 Å². The molecule has 136 valence electrons. The van der Waals surface area contributed by atoms with Crippen LogP contribution < -0.4 is 10.2 Å². The van der Waals surface area contributed by atoms with Crippen LogP contribution in [0.5, 0.6) is 0 Å². The maximum absolute atomic E-state index is 13.1. The van der Waals surface area contributed by atoms with Crippen LogP contribution in [-0.2, 0) is 20.7 Å². The van der Waals surface area contributed by atoms with Gasteiger partial charge in [-0.15, -0.1) is 0 Å². The van der Waals surface area contributed by atoms with Crippen LogP contribution in [0.2, 0.25) is 0 Å². The van der Waals surface area contributed by atoms with Gasteiger partial charge in [-0.05, 0) is 50.7 Å². The van der Waals surface area contributed by atoms with Gasteiger partial charge in [0.15, 0.2) is 0 Å². The predicted octanol–water partition coefficient (Wildman–Crippen LogP) is 2.53. The Hall–Kier alpha value is -1.88. The Bertz CT molecular complexity index is 623. The molecule has 1 aromatic rings. The lowest BCUT2D eigenvalue weighted by molar-refractivity contribution is -0.129. The summed E-state index contributed by atoms with van der Waals surface area (Å²) in [6.07, 6.45) is 4.11. The summed E-state index contributed by atoms with van der Waals surface area (Å²) >= 11 is 0. The Labute approximate surface area is 149 Å². The number of carbonyl (C=O) groups is 2. The molecular weight excluding hydrogens is 316 g/mol. The van der Waals surface area contributed by atoms with Gasteiger partial charge in [-0.3, -0.25) is 9.59 Å². The first-order chi connectivity index (χ1) is 12.1. The molecule has 1 atom stereocenters. The lowest BCUT2D eigenvalue weighted by Crippen LogP contribution is -2.42. The van der Waals surface area contributed by atoms with Gasteiger partial charge in [0.1, 0.15) is 0 Å². The summed E-state index contributed by atoms with van der Waals surface area (Å²) in [6.45, 7) is 3.20. The molecule has 0 saturated heterocycles. The molecule has 3 rings (SSSR count). The van der Waals surface area contributed by atoms with E-state index in [1.807, 2.05) is 23.1 Å². The molecule has 0 radical (unpaired) electrons. The van der Waals surface area contributed by atoms with E-state index in [1.165, 1.54) is 5.56 Å². The fraction of sp³-hybridized carbons (Fsp3) is 0.600. The number of hydrogen-bond acceptors (Lipinski definition) is 3. The summed E-state index contributed by atoms with van der Waals surface area (Å²) in [6, 6.07) is 8.41. The molecule has 1 aromatic carbocycles. The molecule has 5 heteroatoms. The quantitative estimate of drug-likeness (QED) is 0.835. The zero-order valence-corrected chi connectivity index (χ0v) is 15.2. The van der Waals surface area contributed by atoms with Crippen molar-refractivity contribution in [1.29, 1.82) is 0 Å². The van der Waals surface area contributed by atoms with Crippen molar-refractivity contribution in [2.75, 3.05) is 25.2 Å². The van der Waals surface area contributed by atoms with Crippen LogP contribution in [0.15, 0.2) is 24.3 Å². The number of ether oxygens (including phenoxy) is 1. The standard InChI is InChI=1S/C20H28N2O3/c1-14-13-17-5-3-4-6-18(17)22(14)20(24)16-9-7-15(8-10-16)19(23)21-11-12-25-2/h3-6,14-16H,7-13H2,1-2H3,(H,21,23). The normalized spacial score (nSPS) is 25.5. The van der Waals surface area contributed by atoms with Crippen molar-refractivity contribution in [2.24, 2.45) is 11.8 Å². The van der Waals surface area contributed by atoms with Crippen LogP contribution >= 0.6 is 0 Å². The molecule has 0 bridgehead atoms. The molecule has 1 saturated carbocycles. The fourth-order valence-electron chi connectivity index (χ4n) is 4.12. The van der Waals surface area contributed by atoms with Gasteiger partial charge in [0.2, 0.25) is 11.8 Å². The van der Waals surface area contributed by atoms with E-state index in [0.717, 1.165) is 37.8 Å². The SMILES string of the molecule is COCCNC(=O)C1CCC(C(=O)N2c3ccccc3CC2C)CC1. The van der Waals surface area contributed by atoms with Crippen LogP contribution in [0.4, 0.5) is 5.69 Å². The van der Waals surface area contributed by atoms with Crippen molar-refractivity contribution < 1.29 is 14.3 Å². The minimum atomic E-state index is 0.0317. The Balaban J connectivity index is 1.56. The highest BCUT2D eigenvalue weighted by Gasteiger charge is 2.37. The molecule has 5 nitrogen and oxygen atoms in total. The molecular formula is C20H28N2O3. The van der Waals surface area contributed by atoms with Crippen LogP contribution in [0.3, 0.4) is 0 Å². The number of rotatable bonds is 5. The molecule has 1 heterocycles. The topological polar surface area (TPSA) is 58.6 Å². The average Bonchev–Trinajstić information content (AvgIpc) is 2.97. The maximum atomic E-state index is 13.1. The number of anilines is 1. The monoisotopic (exact) mass is 344 g/mol. The van der Waals surface area contributed by atoms with Crippen molar-refractivity contribution >= 4 is 17.5 Å². The molecule has 25 heavy (non-hydrogen) atoms. The highest BCUT2D eigenvalue weighted by molar-refractivity contribution is 5.97. The van der Waals surface area contributed by atoms with Crippen molar-refractivity contribution in [3.8, 4) is 0 Å². The van der Waals surface area contributed by atoms with Gasteiger partial charge >= 0.3 is 0 Å². The number of carbonyl (C=O) groups excluding carboxylic acids is 2. The van der Waals surface area contributed by atoms with E-state index in [9.17, 15) is 9.59 Å². The van der Waals surface area contributed by atoms with E-state index in [0.29, 0.717) is 13.2 Å². The third-order valence-corrected chi connectivity index (χ3v) is 5.50. The first-order valence-corrected chi connectivity index (χ1v) is 9.29. The molecule has 1 N–H and O–H groups in total. The summed E-state index contributed by atoms with van der Waals surface area (Å²) in [5.74, 6) is 0.402. The number of fused-ring (bicyclic) bond motifs is 1. The second kappa shape index (κ2) is 8.00. The number of nitrogens with one attached hydrogen (secondary N) is 1. The van der Waals surface area contributed by atoms with Gasteiger partial charge in [-0.1, -0.05) is 18.2 Å². The number of benzene rings is 1. The zero-order valence-electron chi connectivity index (χ0n) is 15.2. The van der Waals surface area contributed by atoms with Gasteiger partial charge in [-0.25, -0.2) is 0 Å². The van der Waals surface area contributed by atoms with Gasteiger partial charge in [0, 0.05) is 37.2 Å². The van der Waals surface area contributed by atoms with Crippen molar-refractivity contribution in [1.82, 2.24) is 5.32 Å². The average molecular weight is 344 g/mol. The van der Waals surface area contributed by atoms with Crippen LogP contribution in [-0.4, -0.2) is 38.1 Å². The minimum Gasteiger partial charge on any atom is -0.383 e. The van der Waals surface area contributed by atoms with Gasteiger partial charge in [-0.2, -0.15) is 0 Å². The number of hydrogen-bond donors (Lipinski definition) is 1. The third-order valence-electron chi connectivity index (χ3n) is 5.50. The summed E-state index contributed by atoms with van der Waals surface area (Å²) in [4.78, 5) is 27.2. The Morgan fingerprint density at radius 3 is 2.56 bits per heavy atom. The Morgan fingerprint density at radius 1 is 1.16 bits per heavy atom. The second-order valence-electron chi connectivity index (χ2n) is 7.22. The second-order valence-corrected chi connectivity index (χ2v) is 7.22. The van der Waals surface area contributed by atoms with E-state index < -0.39 is 0 Å². The molecule has 1 aliphatic heterocycles. The van der Waals surface area contributed by atoms with Crippen LogP contribution in [0, 0.1) is 11.8 Å². The molecule has 2 aliphatic rings. The van der Waals surface area contributed by atoms with Gasteiger partial charge in [0.25, 0.3) is 0 Å². The largest absolute Gasteiger partial charge is 0.383 e. The number of nitrogens with zero attached hydrogens (tertiary/aromatic N) is 1. The minimum absolute atomic E-state index is 0.0317. The van der Waals surface area contributed by atoms with Gasteiger partial charge < -0.3 is 15.0 Å². The highest BCUT2D eigenvalue weighted by atomic mass is 16.5. The maximum Gasteiger partial charge on any atom is 0.230 e. The fourth-order valence-corrected chi connectivity index (χ4v) is 4.12. The van der Waals surface area contributed by atoms with Crippen LogP contribution in [0.25, 0.3) is 0 Å². The third kappa shape index (κ3) is 3.87. The van der Waals surface area contributed by atoms with Crippen molar-refractivity contribution in [3.63, 3.8) is 0 Å². The summed E-state index contributed by atoms with van der Waals surface area (Å²) in [7, 11) is 1.63. The van der Waals surface area contributed by atoms with E-state index >= 15 is 0 Å². The van der Waals surface area contributed by atoms with Crippen LogP contribution in [0.1, 0.15) is 38.2 Å². The lowest BCUT2D eigenvalue weighted by Gasteiger charge is -2.32. The zero-order chi connectivity index (χ0) is 17.8. The number of amides is 2. The highest BCUT2D eigenvalue weighted by Crippen LogP contribution is 2.36. The van der Waals surface area contributed by atoms with E-state index in [1.54, 1.807) is 7.11 Å². The smallest absolute Gasteiger partial charge is 0.230 e. The molecule has 2 amide bonds. The van der Waals surface area contributed by atoms with Crippen molar-refractivity contribution in [2.45, 2.75) is 45.1 Å².